The van der Waals surface area contributed by atoms with Crippen molar-refractivity contribution in [2.45, 2.75) is 13.8 Å². The molecule has 0 aliphatic heterocycles. The van der Waals surface area contributed by atoms with Crippen molar-refractivity contribution in [3.05, 3.63) is 12.2 Å². The van der Waals surface area contributed by atoms with Crippen molar-refractivity contribution in [2.24, 2.45) is 17.3 Å². The van der Waals surface area contributed by atoms with Crippen LogP contribution in [0.15, 0.2) is 12.2 Å². The topological polar surface area (TPSA) is 54.4 Å². The summed E-state index contributed by atoms with van der Waals surface area (Å²) < 4.78 is 0. The first-order valence-corrected chi connectivity index (χ1v) is 4.35. The summed E-state index contributed by atoms with van der Waals surface area (Å²) >= 11 is 5.10. The van der Waals surface area contributed by atoms with Crippen molar-refractivity contribution in [3.63, 3.8) is 0 Å². The molecule has 0 spiro atoms. The number of halogens is 1. The highest BCUT2D eigenvalue weighted by atomic mass is 35.5. The fourth-order valence-electron chi connectivity index (χ4n) is 1.69. The number of rotatable bonds is 3. The molecule has 1 fully saturated rings. The van der Waals surface area contributed by atoms with Gasteiger partial charge in [0.2, 0.25) is 5.24 Å². The van der Waals surface area contributed by atoms with Crippen LogP contribution in [0.25, 0.3) is 0 Å². The lowest BCUT2D eigenvalue weighted by Crippen LogP contribution is -2.02. The SMILES string of the molecule is CC1(C)C(/C=C/C(=O)Cl)C1C(=O)O. The molecule has 1 rings (SSSR count). The molecule has 1 saturated carbocycles. The van der Waals surface area contributed by atoms with E-state index in [1.165, 1.54) is 6.08 Å². The molecule has 0 aromatic carbocycles. The maximum absolute atomic E-state index is 10.7. The third-order valence-electron chi connectivity index (χ3n) is 2.61. The largest absolute Gasteiger partial charge is 0.481 e. The second-order valence-electron chi connectivity index (χ2n) is 3.83. The van der Waals surface area contributed by atoms with E-state index >= 15 is 0 Å². The summed E-state index contributed by atoms with van der Waals surface area (Å²) in [5.41, 5.74) is -0.255. The van der Waals surface area contributed by atoms with Crippen molar-refractivity contribution in [2.75, 3.05) is 0 Å². The van der Waals surface area contributed by atoms with Gasteiger partial charge < -0.3 is 5.11 Å². The van der Waals surface area contributed by atoms with E-state index in [9.17, 15) is 9.59 Å². The van der Waals surface area contributed by atoms with E-state index in [0.717, 1.165) is 0 Å². The maximum atomic E-state index is 10.7. The van der Waals surface area contributed by atoms with Gasteiger partial charge in [-0.15, -0.1) is 0 Å². The summed E-state index contributed by atoms with van der Waals surface area (Å²) in [6.45, 7) is 3.72. The van der Waals surface area contributed by atoms with Crippen LogP contribution in [0.5, 0.6) is 0 Å². The fourth-order valence-corrected chi connectivity index (χ4v) is 1.76. The molecular weight excluding hydrogens is 192 g/mol. The lowest BCUT2D eigenvalue weighted by atomic mass is 10.1. The second kappa shape index (κ2) is 3.14. The lowest BCUT2D eigenvalue weighted by Gasteiger charge is -1.95. The predicted molar refractivity (Wildman–Crippen MR) is 48.4 cm³/mol. The maximum Gasteiger partial charge on any atom is 0.307 e. The zero-order valence-corrected chi connectivity index (χ0v) is 8.21. The average molecular weight is 203 g/mol. The van der Waals surface area contributed by atoms with Crippen LogP contribution < -0.4 is 0 Å². The standard InChI is InChI=1S/C9H11ClO3/c1-9(2)5(3-4-6(10)11)7(9)8(12)13/h3-5,7H,1-2H3,(H,12,13)/b4-3+. The van der Waals surface area contributed by atoms with Crippen LogP contribution in [-0.2, 0) is 9.59 Å². The van der Waals surface area contributed by atoms with Crippen LogP contribution in [0, 0.1) is 17.3 Å². The van der Waals surface area contributed by atoms with E-state index in [4.69, 9.17) is 16.7 Å². The molecule has 0 bridgehead atoms. The van der Waals surface area contributed by atoms with Crippen molar-refractivity contribution in [1.29, 1.82) is 0 Å². The van der Waals surface area contributed by atoms with Gasteiger partial charge in [0.05, 0.1) is 5.92 Å². The molecule has 1 aliphatic carbocycles. The predicted octanol–water partition coefficient (Wildman–Crippen LogP) is 1.66. The van der Waals surface area contributed by atoms with Crippen LogP contribution in [0.4, 0.5) is 0 Å². The summed E-state index contributed by atoms with van der Waals surface area (Å²) in [6, 6.07) is 0. The smallest absolute Gasteiger partial charge is 0.307 e. The molecule has 1 aliphatic rings. The van der Waals surface area contributed by atoms with E-state index in [1.807, 2.05) is 13.8 Å². The molecule has 1 N–H and O–H groups in total. The Balaban J connectivity index is 2.66. The van der Waals surface area contributed by atoms with E-state index in [2.05, 4.69) is 0 Å². The van der Waals surface area contributed by atoms with E-state index < -0.39 is 11.2 Å². The third-order valence-corrected chi connectivity index (χ3v) is 2.74. The Morgan fingerprint density at radius 1 is 1.46 bits per heavy atom. The van der Waals surface area contributed by atoms with Gasteiger partial charge in [0, 0.05) is 0 Å². The molecule has 0 heterocycles. The van der Waals surface area contributed by atoms with Crippen molar-refractivity contribution in [1.82, 2.24) is 0 Å². The minimum Gasteiger partial charge on any atom is -0.481 e. The molecule has 2 unspecified atom stereocenters. The van der Waals surface area contributed by atoms with E-state index in [0.29, 0.717) is 0 Å². The van der Waals surface area contributed by atoms with Crippen LogP contribution in [0.3, 0.4) is 0 Å². The van der Waals surface area contributed by atoms with Crippen LogP contribution in [0.2, 0.25) is 0 Å². The monoisotopic (exact) mass is 202 g/mol. The molecule has 4 heteroatoms. The number of carbonyl (C=O) groups is 2. The van der Waals surface area contributed by atoms with Crippen LogP contribution in [-0.4, -0.2) is 16.3 Å². The quantitative estimate of drug-likeness (QED) is 0.560. The highest BCUT2D eigenvalue weighted by Gasteiger charge is 2.60. The van der Waals surface area contributed by atoms with Gasteiger partial charge in [-0.2, -0.15) is 0 Å². The Kier molecular flexibility index (Phi) is 2.48. The Labute approximate surface area is 81.4 Å². The Hall–Kier alpha value is -0.830. The molecule has 0 aromatic heterocycles. The molecule has 3 nitrogen and oxygen atoms in total. The van der Waals surface area contributed by atoms with Gasteiger partial charge in [-0.25, -0.2) is 0 Å². The highest BCUT2D eigenvalue weighted by molar-refractivity contribution is 6.66. The van der Waals surface area contributed by atoms with Gasteiger partial charge in [0.25, 0.3) is 0 Å². The summed E-state index contributed by atoms with van der Waals surface area (Å²) in [4.78, 5) is 21.1. The van der Waals surface area contributed by atoms with E-state index in [-0.39, 0.29) is 17.3 Å². The van der Waals surface area contributed by atoms with Crippen molar-refractivity contribution >= 4 is 22.8 Å². The lowest BCUT2D eigenvalue weighted by molar-refractivity contribution is -0.139. The van der Waals surface area contributed by atoms with Crippen molar-refractivity contribution < 1.29 is 14.7 Å². The van der Waals surface area contributed by atoms with Gasteiger partial charge in [0.15, 0.2) is 0 Å². The third kappa shape index (κ3) is 1.91. The van der Waals surface area contributed by atoms with Gasteiger partial charge in [-0.3, -0.25) is 9.59 Å². The molecule has 2 atom stereocenters. The molecule has 13 heavy (non-hydrogen) atoms. The molecular formula is C9H11ClO3. The molecule has 0 amide bonds. The summed E-state index contributed by atoms with van der Waals surface area (Å²) in [5.74, 6) is -1.28. The van der Waals surface area contributed by atoms with Gasteiger partial charge >= 0.3 is 5.97 Å². The zero-order valence-electron chi connectivity index (χ0n) is 7.45. The van der Waals surface area contributed by atoms with Gasteiger partial charge in [0.1, 0.15) is 0 Å². The normalized spacial score (nSPS) is 30.4. The van der Waals surface area contributed by atoms with Gasteiger partial charge in [-0.1, -0.05) is 19.9 Å². The van der Waals surface area contributed by atoms with Crippen LogP contribution in [0.1, 0.15) is 13.8 Å². The highest BCUT2D eigenvalue weighted by Crippen LogP contribution is 2.58. The number of hydrogen-bond donors (Lipinski definition) is 1. The van der Waals surface area contributed by atoms with Crippen molar-refractivity contribution in [3.8, 4) is 0 Å². The molecule has 0 radical (unpaired) electrons. The number of allylic oxidation sites excluding steroid dienone is 2. The summed E-state index contributed by atoms with van der Waals surface area (Å²) in [5, 5.41) is 8.21. The first-order chi connectivity index (χ1) is 5.87. The van der Waals surface area contributed by atoms with E-state index in [1.54, 1.807) is 6.08 Å². The van der Waals surface area contributed by atoms with Crippen LogP contribution >= 0.6 is 11.6 Å². The molecule has 0 aromatic rings. The fraction of sp³-hybridized carbons (Fsp3) is 0.556. The minimum atomic E-state index is -0.818. The first-order valence-electron chi connectivity index (χ1n) is 3.98. The Morgan fingerprint density at radius 2 is 2.00 bits per heavy atom. The number of hydrogen-bond acceptors (Lipinski definition) is 2. The Bertz CT molecular complexity index is 281. The number of aliphatic carboxylic acids is 1. The number of carbonyl (C=O) groups excluding carboxylic acids is 1. The number of carboxylic acids is 1. The average Bonchev–Trinajstić information content (AvgIpc) is 2.48. The summed E-state index contributed by atoms with van der Waals surface area (Å²) in [6.07, 6.45) is 2.80. The summed E-state index contributed by atoms with van der Waals surface area (Å²) in [7, 11) is 0. The minimum absolute atomic E-state index is 0.0762. The molecule has 0 saturated heterocycles. The Morgan fingerprint density at radius 3 is 2.31 bits per heavy atom. The van der Waals surface area contributed by atoms with Gasteiger partial charge in [-0.05, 0) is 29.0 Å². The zero-order chi connectivity index (χ0) is 10.2. The molecule has 72 valence electrons. The number of carboxylic acid groups (broad SMARTS) is 1. The first kappa shape index (κ1) is 10.3. The second-order valence-corrected chi connectivity index (χ2v) is 4.20.